The van der Waals surface area contributed by atoms with Gasteiger partial charge in [-0.05, 0) is 46.9 Å². The molecule has 1 aliphatic carbocycles. The van der Waals surface area contributed by atoms with Gasteiger partial charge in [-0.1, -0.05) is 36.4 Å². The minimum absolute atomic E-state index is 1.36. The minimum atomic E-state index is 1.36. The van der Waals surface area contributed by atoms with Crippen LogP contribution in [-0.2, 0) is 0 Å². The maximum atomic E-state index is 2.24. The first-order chi connectivity index (χ1) is 6.77. The molecule has 0 bridgehead atoms. The van der Waals surface area contributed by atoms with Gasteiger partial charge >= 0.3 is 0 Å². The molecule has 0 aliphatic heterocycles. The van der Waals surface area contributed by atoms with Gasteiger partial charge < -0.3 is 0 Å². The van der Waals surface area contributed by atoms with Gasteiger partial charge in [0.25, 0.3) is 0 Å². The molecule has 2 aromatic rings. The maximum Gasteiger partial charge on any atom is -0.00335 e. The van der Waals surface area contributed by atoms with Crippen LogP contribution in [0.4, 0.5) is 0 Å². The van der Waals surface area contributed by atoms with Gasteiger partial charge in [-0.3, -0.25) is 0 Å². The van der Waals surface area contributed by atoms with Crippen LogP contribution in [0.1, 0.15) is 22.3 Å². The summed E-state index contributed by atoms with van der Waals surface area (Å²) < 4.78 is 0. The fourth-order valence-electron chi connectivity index (χ4n) is 2.28. The molecular formula is C14H12. The molecule has 2 aromatic carbocycles. The van der Waals surface area contributed by atoms with Crippen LogP contribution >= 0.6 is 0 Å². The normalized spacial score (nSPS) is 12.7. The average Bonchev–Trinajstić information content (AvgIpc) is 2.62. The van der Waals surface area contributed by atoms with Gasteiger partial charge in [-0.2, -0.15) is 0 Å². The summed E-state index contributed by atoms with van der Waals surface area (Å²) in [5.41, 5.74) is 5.55. The van der Waals surface area contributed by atoms with Crippen LogP contribution in [-0.4, -0.2) is 0 Å². The second-order valence-electron chi connectivity index (χ2n) is 4.02. The van der Waals surface area contributed by atoms with Crippen molar-refractivity contribution >= 4 is 22.9 Å². The Morgan fingerprint density at radius 3 is 1.71 bits per heavy atom. The van der Waals surface area contributed by atoms with Crippen LogP contribution in [0, 0.1) is 13.8 Å². The van der Waals surface area contributed by atoms with E-state index >= 15 is 0 Å². The predicted octanol–water partition coefficient (Wildman–Crippen LogP) is 3.94. The molecule has 0 fully saturated rings. The molecule has 68 valence electrons. The van der Waals surface area contributed by atoms with E-state index in [1.165, 1.54) is 33.0 Å². The van der Waals surface area contributed by atoms with Gasteiger partial charge in [0.15, 0.2) is 0 Å². The second kappa shape index (κ2) is 2.48. The Labute approximate surface area is 83.9 Å². The Morgan fingerprint density at radius 1 is 0.714 bits per heavy atom. The molecule has 0 heterocycles. The molecule has 0 N–H and O–H groups in total. The van der Waals surface area contributed by atoms with Crippen molar-refractivity contribution < 1.29 is 0 Å². The maximum absolute atomic E-state index is 2.24. The summed E-state index contributed by atoms with van der Waals surface area (Å²) in [5, 5.41) is 2.79. The van der Waals surface area contributed by atoms with Crippen LogP contribution in [0.5, 0.6) is 0 Å². The lowest BCUT2D eigenvalue weighted by atomic mass is 9.98. The monoisotopic (exact) mass is 180 g/mol. The van der Waals surface area contributed by atoms with E-state index in [1.807, 2.05) is 0 Å². The van der Waals surface area contributed by atoms with Crippen molar-refractivity contribution in [2.45, 2.75) is 13.8 Å². The van der Waals surface area contributed by atoms with Crippen molar-refractivity contribution in [2.75, 3.05) is 0 Å². The molecule has 0 saturated heterocycles. The lowest BCUT2D eigenvalue weighted by Crippen LogP contribution is -1.85. The first kappa shape index (κ1) is 7.81. The summed E-state index contributed by atoms with van der Waals surface area (Å²) in [7, 11) is 0. The highest BCUT2D eigenvalue weighted by atomic mass is 14.2. The first-order valence-electron chi connectivity index (χ1n) is 4.98. The lowest BCUT2D eigenvalue weighted by molar-refractivity contribution is 1.45. The third kappa shape index (κ3) is 0.832. The zero-order chi connectivity index (χ0) is 9.71. The number of hydrogen-bond donors (Lipinski definition) is 0. The molecule has 14 heavy (non-hydrogen) atoms. The SMILES string of the molecule is Cc1ccc2ccc(C)c3c2c1C=C3. The summed E-state index contributed by atoms with van der Waals surface area (Å²) in [6.45, 7) is 4.35. The summed E-state index contributed by atoms with van der Waals surface area (Å²) in [5.74, 6) is 0. The molecule has 0 spiro atoms. The van der Waals surface area contributed by atoms with E-state index in [-0.39, 0.29) is 0 Å². The Hall–Kier alpha value is -1.56. The van der Waals surface area contributed by atoms with Crippen molar-refractivity contribution in [2.24, 2.45) is 0 Å². The van der Waals surface area contributed by atoms with Crippen molar-refractivity contribution in [1.82, 2.24) is 0 Å². The minimum Gasteiger partial charge on any atom is -0.0581 e. The zero-order valence-corrected chi connectivity index (χ0v) is 8.46. The standard InChI is InChI=1S/C14H12/c1-9-3-5-11-6-4-10(2)13-8-7-12(9)14(11)13/h3-8H,1-2H3. The predicted molar refractivity (Wildman–Crippen MR) is 62.4 cm³/mol. The number of hydrogen-bond acceptors (Lipinski definition) is 0. The molecular weight excluding hydrogens is 168 g/mol. The smallest absolute Gasteiger partial charge is 0.00335 e. The van der Waals surface area contributed by atoms with Crippen LogP contribution < -0.4 is 0 Å². The van der Waals surface area contributed by atoms with Crippen molar-refractivity contribution in [3.8, 4) is 0 Å². The summed E-state index contributed by atoms with van der Waals surface area (Å²) >= 11 is 0. The van der Waals surface area contributed by atoms with Gasteiger partial charge in [0.2, 0.25) is 0 Å². The van der Waals surface area contributed by atoms with Gasteiger partial charge in [0.1, 0.15) is 0 Å². The summed E-state index contributed by atoms with van der Waals surface area (Å²) in [6.07, 6.45) is 4.47. The number of rotatable bonds is 0. The van der Waals surface area contributed by atoms with Crippen molar-refractivity contribution in [3.63, 3.8) is 0 Å². The first-order valence-corrected chi connectivity index (χ1v) is 4.98. The molecule has 0 unspecified atom stereocenters. The zero-order valence-electron chi connectivity index (χ0n) is 8.46. The highest BCUT2D eigenvalue weighted by molar-refractivity contribution is 6.06. The molecule has 0 amide bonds. The third-order valence-electron chi connectivity index (χ3n) is 3.12. The fourth-order valence-corrected chi connectivity index (χ4v) is 2.28. The van der Waals surface area contributed by atoms with Crippen molar-refractivity contribution in [1.29, 1.82) is 0 Å². The van der Waals surface area contributed by atoms with E-state index in [1.54, 1.807) is 0 Å². The fraction of sp³-hybridized carbons (Fsp3) is 0.143. The molecule has 0 radical (unpaired) electrons. The molecule has 0 nitrogen and oxygen atoms in total. The largest absolute Gasteiger partial charge is 0.0581 e. The molecule has 0 saturated carbocycles. The summed E-state index contributed by atoms with van der Waals surface area (Å²) in [6, 6.07) is 8.83. The van der Waals surface area contributed by atoms with Gasteiger partial charge in [-0.15, -0.1) is 0 Å². The molecule has 3 rings (SSSR count). The Balaban J connectivity index is 2.61. The Kier molecular flexibility index (Phi) is 1.38. The average molecular weight is 180 g/mol. The highest BCUT2D eigenvalue weighted by Crippen LogP contribution is 2.34. The van der Waals surface area contributed by atoms with E-state index in [4.69, 9.17) is 0 Å². The van der Waals surface area contributed by atoms with Gasteiger partial charge in [0.05, 0.1) is 0 Å². The van der Waals surface area contributed by atoms with E-state index in [2.05, 4.69) is 50.3 Å². The quantitative estimate of drug-likeness (QED) is 0.491. The van der Waals surface area contributed by atoms with E-state index in [0.717, 1.165) is 0 Å². The van der Waals surface area contributed by atoms with E-state index < -0.39 is 0 Å². The van der Waals surface area contributed by atoms with Crippen molar-refractivity contribution in [3.05, 3.63) is 46.5 Å². The molecule has 1 aliphatic rings. The lowest BCUT2D eigenvalue weighted by Gasteiger charge is -2.06. The highest BCUT2D eigenvalue weighted by Gasteiger charge is 2.12. The topological polar surface area (TPSA) is 0 Å². The van der Waals surface area contributed by atoms with Crippen LogP contribution in [0.15, 0.2) is 24.3 Å². The molecule has 0 atom stereocenters. The van der Waals surface area contributed by atoms with Gasteiger partial charge in [-0.25, -0.2) is 0 Å². The van der Waals surface area contributed by atoms with Crippen LogP contribution in [0.2, 0.25) is 0 Å². The second-order valence-corrected chi connectivity index (χ2v) is 4.02. The van der Waals surface area contributed by atoms with Gasteiger partial charge in [0, 0.05) is 0 Å². The van der Waals surface area contributed by atoms with Crippen LogP contribution in [0.25, 0.3) is 22.9 Å². The number of aryl methyl sites for hydroxylation is 2. The molecule has 0 aromatic heterocycles. The summed E-state index contributed by atoms with van der Waals surface area (Å²) in [4.78, 5) is 0. The third-order valence-corrected chi connectivity index (χ3v) is 3.12. The van der Waals surface area contributed by atoms with E-state index in [0.29, 0.717) is 0 Å². The van der Waals surface area contributed by atoms with Crippen LogP contribution in [0.3, 0.4) is 0 Å². The number of benzene rings is 2. The Morgan fingerprint density at radius 2 is 1.21 bits per heavy atom. The molecule has 0 heteroatoms. The van der Waals surface area contributed by atoms with E-state index in [9.17, 15) is 0 Å². The Bertz CT molecular complexity index is 513.